The molecule has 0 bridgehead atoms. The van der Waals surface area contributed by atoms with Gasteiger partial charge in [0, 0.05) is 12.8 Å². The van der Waals surface area contributed by atoms with Crippen LogP contribution in [0.15, 0.2) is 4.79 Å². The van der Waals surface area contributed by atoms with Gasteiger partial charge >= 0.3 is 5.97 Å². The van der Waals surface area contributed by atoms with Crippen molar-refractivity contribution < 1.29 is 23.0 Å². The number of hydrogen-bond donors (Lipinski definition) is 0. The number of carbonyl (C=O) groups is 1. The zero-order chi connectivity index (χ0) is 17.8. The molecule has 6 nitrogen and oxygen atoms in total. The molecule has 0 fully saturated rings. The molecule has 0 radical (unpaired) electrons. The molecule has 0 aliphatic rings. The molecule has 1 rings (SSSR count). The van der Waals surface area contributed by atoms with E-state index in [-0.39, 0.29) is 24.0 Å². The quantitative estimate of drug-likeness (QED) is 0.705. The Hall–Kier alpha value is -1.70. The molecule has 0 saturated carbocycles. The van der Waals surface area contributed by atoms with Crippen molar-refractivity contribution in [2.75, 3.05) is 13.2 Å². The van der Waals surface area contributed by atoms with Gasteiger partial charge in [0.15, 0.2) is 17.4 Å². The molecule has 0 unspecified atom stereocenters. The Morgan fingerprint density at radius 1 is 1.43 bits per heavy atom. The van der Waals surface area contributed by atoms with Gasteiger partial charge in [-0.3, -0.25) is 9.59 Å². The summed E-state index contributed by atoms with van der Waals surface area (Å²) in [6, 6.07) is 0. The van der Waals surface area contributed by atoms with Crippen LogP contribution in [0.3, 0.4) is 0 Å². The molecule has 0 N–H and O–H groups in total. The van der Waals surface area contributed by atoms with Crippen molar-refractivity contribution in [2.45, 2.75) is 46.1 Å². The maximum absolute atomic E-state index is 13.0. The zero-order valence-corrected chi connectivity index (χ0v) is 14.1. The molecule has 0 amide bonds. The van der Waals surface area contributed by atoms with Gasteiger partial charge in [-0.2, -0.15) is 5.10 Å². The zero-order valence-electron chi connectivity index (χ0n) is 13.4. The second-order valence-electron chi connectivity index (χ2n) is 5.31. The van der Waals surface area contributed by atoms with Crippen LogP contribution in [0.25, 0.3) is 0 Å². The van der Waals surface area contributed by atoms with E-state index in [0.29, 0.717) is 6.92 Å². The fourth-order valence-corrected chi connectivity index (χ4v) is 1.94. The standard InChI is InChI=1S/C14H19ClF2N2O4/c1-5-22-9(20)6-19-13(21)10(15)12(11(18-19)8(2)3)23-7-14(4,16)17/h8H,5-7H2,1-4H3. The van der Waals surface area contributed by atoms with E-state index in [4.69, 9.17) is 21.1 Å². The number of halogens is 3. The summed E-state index contributed by atoms with van der Waals surface area (Å²) >= 11 is 5.94. The van der Waals surface area contributed by atoms with Crippen LogP contribution >= 0.6 is 11.6 Å². The lowest BCUT2D eigenvalue weighted by atomic mass is 10.1. The monoisotopic (exact) mass is 352 g/mol. The molecule has 0 aromatic carbocycles. The number of ether oxygens (including phenoxy) is 2. The second kappa shape index (κ2) is 7.72. The highest BCUT2D eigenvalue weighted by atomic mass is 35.5. The predicted octanol–water partition coefficient (Wildman–Crippen LogP) is 2.62. The summed E-state index contributed by atoms with van der Waals surface area (Å²) < 4.78 is 36.6. The molecule has 0 aliphatic heterocycles. The van der Waals surface area contributed by atoms with Gasteiger partial charge in [-0.25, -0.2) is 13.5 Å². The second-order valence-corrected chi connectivity index (χ2v) is 5.69. The Labute approximate surface area is 137 Å². The van der Waals surface area contributed by atoms with Gasteiger partial charge in [-0.15, -0.1) is 0 Å². The van der Waals surface area contributed by atoms with Gasteiger partial charge in [0.25, 0.3) is 11.5 Å². The van der Waals surface area contributed by atoms with E-state index >= 15 is 0 Å². The van der Waals surface area contributed by atoms with Crippen LogP contribution in [-0.2, 0) is 16.1 Å². The number of hydrogen-bond acceptors (Lipinski definition) is 5. The summed E-state index contributed by atoms with van der Waals surface area (Å²) in [4.78, 5) is 23.6. The lowest BCUT2D eigenvalue weighted by Gasteiger charge is -2.18. The van der Waals surface area contributed by atoms with E-state index in [1.807, 2.05) is 0 Å². The minimum Gasteiger partial charge on any atom is -0.484 e. The SMILES string of the molecule is CCOC(=O)Cn1nc(C(C)C)c(OCC(C)(F)F)c(Cl)c1=O. The number of alkyl halides is 2. The highest BCUT2D eigenvalue weighted by molar-refractivity contribution is 6.31. The van der Waals surface area contributed by atoms with Crippen LogP contribution in [0.5, 0.6) is 5.75 Å². The average molecular weight is 353 g/mol. The first-order valence-electron chi connectivity index (χ1n) is 7.03. The first-order chi connectivity index (χ1) is 10.6. The van der Waals surface area contributed by atoms with Gasteiger partial charge < -0.3 is 9.47 Å². The Morgan fingerprint density at radius 3 is 2.52 bits per heavy atom. The molecule has 0 aliphatic carbocycles. The van der Waals surface area contributed by atoms with E-state index in [1.165, 1.54) is 0 Å². The van der Waals surface area contributed by atoms with Gasteiger partial charge in [0.05, 0.1) is 6.61 Å². The number of esters is 1. The van der Waals surface area contributed by atoms with Crippen molar-refractivity contribution in [1.82, 2.24) is 9.78 Å². The topological polar surface area (TPSA) is 70.4 Å². The molecule has 1 heterocycles. The molecule has 130 valence electrons. The Bertz CT molecular complexity index is 626. The molecule has 23 heavy (non-hydrogen) atoms. The summed E-state index contributed by atoms with van der Waals surface area (Å²) in [7, 11) is 0. The molecule has 1 aromatic rings. The average Bonchev–Trinajstić information content (AvgIpc) is 2.41. The normalized spacial score (nSPS) is 11.7. The highest BCUT2D eigenvalue weighted by Gasteiger charge is 2.26. The van der Waals surface area contributed by atoms with Crippen LogP contribution < -0.4 is 10.3 Å². The molecule has 0 atom stereocenters. The summed E-state index contributed by atoms with van der Waals surface area (Å²) in [5.74, 6) is -4.19. The van der Waals surface area contributed by atoms with E-state index < -0.39 is 35.6 Å². The van der Waals surface area contributed by atoms with E-state index in [2.05, 4.69) is 5.10 Å². The van der Waals surface area contributed by atoms with Crippen molar-refractivity contribution in [3.63, 3.8) is 0 Å². The van der Waals surface area contributed by atoms with Crippen LogP contribution in [0.2, 0.25) is 5.02 Å². The van der Waals surface area contributed by atoms with Crippen LogP contribution in [-0.4, -0.2) is 34.9 Å². The van der Waals surface area contributed by atoms with E-state index in [1.54, 1.807) is 20.8 Å². The van der Waals surface area contributed by atoms with Gasteiger partial charge in [0.2, 0.25) is 0 Å². The number of carbonyl (C=O) groups excluding carboxylic acids is 1. The number of nitrogens with zero attached hydrogens (tertiary/aromatic N) is 2. The van der Waals surface area contributed by atoms with Gasteiger partial charge in [-0.05, 0) is 6.92 Å². The maximum Gasteiger partial charge on any atom is 0.327 e. The fourth-order valence-electron chi connectivity index (χ4n) is 1.69. The molecule has 9 heteroatoms. The van der Waals surface area contributed by atoms with E-state index in [9.17, 15) is 18.4 Å². The van der Waals surface area contributed by atoms with Crippen molar-refractivity contribution in [1.29, 1.82) is 0 Å². The third-order valence-electron chi connectivity index (χ3n) is 2.68. The predicted molar refractivity (Wildman–Crippen MR) is 80.3 cm³/mol. The fraction of sp³-hybridized carbons (Fsp3) is 0.643. The smallest absolute Gasteiger partial charge is 0.327 e. The van der Waals surface area contributed by atoms with Crippen LogP contribution in [0.4, 0.5) is 8.78 Å². The Balaban J connectivity index is 3.25. The largest absolute Gasteiger partial charge is 0.484 e. The van der Waals surface area contributed by atoms with Gasteiger partial charge in [0.1, 0.15) is 12.2 Å². The summed E-state index contributed by atoms with van der Waals surface area (Å²) in [5, 5.41) is 3.61. The lowest BCUT2D eigenvalue weighted by Crippen LogP contribution is -2.31. The molecule has 0 saturated heterocycles. The summed E-state index contributed by atoms with van der Waals surface area (Å²) in [6.45, 7) is 4.58. The lowest BCUT2D eigenvalue weighted by molar-refractivity contribution is -0.144. The Morgan fingerprint density at radius 2 is 2.04 bits per heavy atom. The van der Waals surface area contributed by atoms with Crippen molar-refractivity contribution in [3.05, 3.63) is 21.1 Å². The molecular formula is C14H19ClF2N2O4. The number of aromatic nitrogens is 2. The first kappa shape index (κ1) is 19.3. The number of rotatable bonds is 7. The minimum absolute atomic E-state index is 0.158. The molecule has 0 spiro atoms. The summed E-state index contributed by atoms with van der Waals surface area (Å²) in [5.41, 5.74) is -0.596. The first-order valence-corrected chi connectivity index (χ1v) is 7.41. The van der Waals surface area contributed by atoms with Gasteiger partial charge in [-0.1, -0.05) is 25.4 Å². The highest BCUT2D eigenvalue weighted by Crippen LogP contribution is 2.30. The molecular weight excluding hydrogens is 334 g/mol. The van der Waals surface area contributed by atoms with E-state index in [0.717, 1.165) is 4.68 Å². The van der Waals surface area contributed by atoms with Crippen molar-refractivity contribution in [3.8, 4) is 5.75 Å². The van der Waals surface area contributed by atoms with Crippen molar-refractivity contribution in [2.24, 2.45) is 0 Å². The van der Waals surface area contributed by atoms with Crippen LogP contribution in [0.1, 0.15) is 39.3 Å². The van der Waals surface area contributed by atoms with Crippen molar-refractivity contribution >= 4 is 17.6 Å². The third kappa shape index (κ3) is 5.46. The third-order valence-corrected chi connectivity index (χ3v) is 3.02. The maximum atomic E-state index is 13.0. The minimum atomic E-state index is -3.09. The Kier molecular flexibility index (Phi) is 6.49. The summed E-state index contributed by atoms with van der Waals surface area (Å²) in [6.07, 6.45) is 0. The molecule has 1 aromatic heterocycles. The van der Waals surface area contributed by atoms with Crippen LogP contribution in [0, 0.1) is 0 Å².